The van der Waals surface area contributed by atoms with E-state index in [1.54, 1.807) is 0 Å². The van der Waals surface area contributed by atoms with Crippen molar-refractivity contribution >= 4 is 5.91 Å². The lowest BCUT2D eigenvalue weighted by Crippen LogP contribution is -2.54. The first-order valence-electron chi connectivity index (χ1n) is 8.29. The maximum atomic E-state index is 11.7. The lowest BCUT2D eigenvalue weighted by molar-refractivity contribution is -0.124. The third kappa shape index (κ3) is 4.45. The lowest BCUT2D eigenvalue weighted by atomic mass is 9.93. The molecule has 2 saturated carbocycles. The van der Waals surface area contributed by atoms with E-state index in [0.29, 0.717) is 6.04 Å². The second kappa shape index (κ2) is 6.90. The molecule has 0 aliphatic heterocycles. The van der Waals surface area contributed by atoms with Gasteiger partial charge in [-0.2, -0.15) is 0 Å². The molecule has 0 aromatic rings. The van der Waals surface area contributed by atoms with Crippen molar-refractivity contribution in [3.05, 3.63) is 0 Å². The van der Waals surface area contributed by atoms with E-state index < -0.39 is 5.54 Å². The Morgan fingerprint density at radius 1 is 1.25 bits per heavy atom. The minimum absolute atomic E-state index is 0.200. The maximum Gasteiger partial charge on any atom is 0.237 e. The highest BCUT2D eigenvalue weighted by molar-refractivity contribution is 5.84. The van der Waals surface area contributed by atoms with Crippen LogP contribution in [-0.4, -0.2) is 42.0 Å². The smallest absolute Gasteiger partial charge is 0.237 e. The molecule has 0 saturated heterocycles. The molecule has 1 amide bonds. The Balaban J connectivity index is 1.66. The number of hydrogen-bond donors (Lipinski definition) is 2. The Kier molecular flexibility index (Phi) is 5.44. The quantitative estimate of drug-likeness (QED) is 0.636. The number of nitrogens with one attached hydrogen (secondary N) is 1. The first-order valence-corrected chi connectivity index (χ1v) is 8.29. The van der Waals surface area contributed by atoms with Gasteiger partial charge in [-0.15, -0.1) is 0 Å². The van der Waals surface area contributed by atoms with Crippen molar-refractivity contribution in [1.82, 2.24) is 10.2 Å². The van der Waals surface area contributed by atoms with Gasteiger partial charge in [0.15, 0.2) is 0 Å². The number of primary amides is 1. The summed E-state index contributed by atoms with van der Waals surface area (Å²) in [7, 11) is 2.24. The fourth-order valence-corrected chi connectivity index (χ4v) is 3.31. The average molecular weight is 281 g/mol. The van der Waals surface area contributed by atoms with Gasteiger partial charge in [0.05, 0.1) is 5.54 Å². The molecule has 0 aromatic heterocycles. The predicted molar refractivity (Wildman–Crippen MR) is 82.5 cm³/mol. The molecule has 20 heavy (non-hydrogen) atoms. The number of nitrogens with zero attached hydrogens (tertiary/aromatic N) is 1. The monoisotopic (exact) mass is 281 g/mol. The highest BCUT2D eigenvalue weighted by Gasteiger charge is 2.36. The number of rotatable bonds is 9. The summed E-state index contributed by atoms with van der Waals surface area (Å²) in [5.41, 5.74) is 5.07. The molecule has 0 radical (unpaired) electrons. The van der Waals surface area contributed by atoms with Crippen molar-refractivity contribution in [3.63, 3.8) is 0 Å². The molecule has 0 bridgehead atoms. The van der Waals surface area contributed by atoms with Crippen LogP contribution in [0.25, 0.3) is 0 Å². The van der Waals surface area contributed by atoms with Crippen molar-refractivity contribution in [1.29, 1.82) is 0 Å². The van der Waals surface area contributed by atoms with Crippen LogP contribution in [0.4, 0.5) is 0 Å². The van der Waals surface area contributed by atoms with Crippen LogP contribution in [0.2, 0.25) is 0 Å². The zero-order valence-corrected chi connectivity index (χ0v) is 13.2. The molecule has 1 unspecified atom stereocenters. The minimum Gasteiger partial charge on any atom is -0.368 e. The number of hydrogen-bond acceptors (Lipinski definition) is 3. The molecule has 4 heteroatoms. The molecule has 3 N–H and O–H groups in total. The molecule has 2 fully saturated rings. The molecule has 2 aliphatic rings. The molecule has 2 rings (SSSR count). The number of amides is 1. The number of carbonyl (C=O) groups is 1. The zero-order chi connectivity index (χ0) is 14.6. The van der Waals surface area contributed by atoms with Crippen LogP contribution < -0.4 is 11.1 Å². The number of nitrogens with two attached hydrogens (primary N) is 1. The van der Waals surface area contributed by atoms with E-state index in [9.17, 15) is 4.79 Å². The van der Waals surface area contributed by atoms with Crippen LogP contribution in [0.3, 0.4) is 0 Å². The van der Waals surface area contributed by atoms with E-state index in [4.69, 9.17) is 5.73 Å². The molecular weight excluding hydrogens is 250 g/mol. The van der Waals surface area contributed by atoms with Crippen molar-refractivity contribution in [2.24, 2.45) is 5.73 Å². The third-order valence-electron chi connectivity index (χ3n) is 5.03. The Morgan fingerprint density at radius 2 is 1.90 bits per heavy atom. The van der Waals surface area contributed by atoms with Gasteiger partial charge in [-0.25, -0.2) is 0 Å². The fourth-order valence-electron chi connectivity index (χ4n) is 3.31. The second-order valence-corrected chi connectivity index (χ2v) is 6.99. The highest BCUT2D eigenvalue weighted by Crippen LogP contribution is 2.26. The first-order chi connectivity index (χ1) is 9.51. The summed E-state index contributed by atoms with van der Waals surface area (Å²) in [6.45, 7) is 3.11. The summed E-state index contributed by atoms with van der Waals surface area (Å²) in [6.07, 6.45) is 11.0. The summed E-state index contributed by atoms with van der Waals surface area (Å²) >= 11 is 0. The highest BCUT2D eigenvalue weighted by atomic mass is 16.1. The molecular formula is C16H31N3O. The summed E-state index contributed by atoms with van der Waals surface area (Å²) in [6, 6.07) is 1.32. The van der Waals surface area contributed by atoms with Crippen LogP contribution in [0, 0.1) is 0 Å². The van der Waals surface area contributed by atoms with Gasteiger partial charge in [-0.3, -0.25) is 4.79 Å². The fraction of sp³-hybridized carbons (Fsp3) is 0.938. The van der Waals surface area contributed by atoms with Crippen LogP contribution in [-0.2, 0) is 4.79 Å². The van der Waals surface area contributed by atoms with Crippen molar-refractivity contribution in [2.75, 3.05) is 13.6 Å². The topological polar surface area (TPSA) is 58.4 Å². The maximum absolute atomic E-state index is 11.7. The van der Waals surface area contributed by atoms with Crippen LogP contribution in [0.1, 0.15) is 64.7 Å². The summed E-state index contributed by atoms with van der Waals surface area (Å²) in [5, 5.41) is 3.42. The van der Waals surface area contributed by atoms with Crippen LogP contribution in [0.5, 0.6) is 0 Å². The Hall–Kier alpha value is -0.610. The zero-order valence-electron chi connectivity index (χ0n) is 13.2. The lowest BCUT2D eigenvalue weighted by Gasteiger charge is -2.28. The Bertz CT molecular complexity index is 324. The standard InChI is InChI=1S/C16H31N3O/c1-16(15(17)20,18-13-9-10-13)11-5-6-12-19(2)14-7-3-4-8-14/h13-14,18H,3-12H2,1-2H3,(H2,17,20). The number of carbonyl (C=O) groups excluding carboxylic acids is 1. The Morgan fingerprint density at radius 3 is 2.45 bits per heavy atom. The van der Waals surface area contributed by atoms with Crippen LogP contribution >= 0.6 is 0 Å². The molecule has 0 heterocycles. The van der Waals surface area contributed by atoms with Gasteiger partial charge >= 0.3 is 0 Å². The van der Waals surface area contributed by atoms with Crippen molar-refractivity contribution in [2.45, 2.75) is 82.3 Å². The molecule has 2 aliphatic carbocycles. The van der Waals surface area contributed by atoms with Gasteiger partial charge in [-0.1, -0.05) is 12.8 Å². The molecule has 4 nitrogen and oxygen atoms in total. The SMILES string of the molecule is CN(CCCCC(C)(NC1CC1)C(N)=O)C1CCCC1. The van der Waals surface area contributed by atoms with Gasteiger partial charge in [0.25, 0.3) is 0 Å². The molecule has 116 valence electrons. The minimum atomic E-state index is -0.507. The van der Waals surface area contributed by atoms with E-state index in [1.807, 2.05) is 6.92 Å². The summed E-state index contributed by atoms with van der Waals surface area (Å²) in [4.78, 5) is 14.2. The van der Waals surface area contributed by atoms with Gasteiger partial charge in [0.2, 0.25) is 5.91 Å². The average Bonchev–Trinajstić information content (AvgIpc) is 3.04. The van der Waals surface area contributed by atoms with Crippen molar-refractivity contribution in [3.8, 4) is 0 Å². The van der Waals surface area contributed by atoms with E-state index in [2.05, 4.69) is 17.3 Å². The first kappa shape index (κ1) is 15.8. The van der Waals surface area contributed by atoms with Crippen molar-refractivity contribution < 1.29 is 4.79 Å². The molecule has 0 spiro atoms. The van der Waals surface area contributed by atoms with Gasteiger partial charge in [0.1, 0.15) is 0 Å². The Labute approximate surface area is 123 Å². The van der Waals surface area contributed by atoms with E-state index in [0.717, 1.165) is 31.8 Å². The normalized spacial score (nSPS) is 23.1. The predicted octanol–water partition coefficient (Wildman–Crippen LogP) is 2.03. The van der Waals surface area contributed by atoms with Crippen LogP contribution in [0.15, 0.2) is 0 Å². The van der Waals surface area contributed by atoms with Gasteiger partial charge in [-0.05, 0) is 65.5 Å². The largest absolute Gasteiger partial charge is 0.368 e. The van der Waals surface area contributed by atoms with E-state index in [-0.39, 0.29) is 5.91 Å². The molecule has 1 atom stereocenters. The van der Waals surface area contributed by atoms with Gasteiger partial charge in [0, 0.05) is 12.1 Å². The van der Waals surface area contributed by atoms with E-state index in [1.165, 1.54) is 38.5 Å². The summed E-state index contributed by atoms with van der Waals surface area (Å²) in [5.74, 6) is -0.200. The molecule has 0 aromatic carbocycles. The second-order valence-electron chi connectivity index (χ2n) is 6.99. The van der Waals surface area contributed by atoms with Gasteiger partial charge < -0.3 is 16.0 Å². The third-order valence-corrected chi connectivity index (χ3v) is 5.03. The van der Waals surface area contributed by atoms with E-state index >= 15 is 0 Å². The number of unbranched alkanes of at least 4 members (excludes halogenated alkanes) is 1. The summed E-state index contributed by atoms with van der Waals surface area (Å²) < 4.78 is 0.